The van der Waals surface area contributed by atoms with Crippen LogP contribution in [0, 0.1) is 11.8 Å². The molecular formula is C16H25NO3. The third kappa shape index (κ3) is 2.60. The van der Waals surface area contributed by atoms with Crippen LogP contribution in [0.25, 0.3) is 0 Å². The maximum atomic E-state index is 5.76. The molecule has 4 rings (SSSR count). The van der Waals surface area contributed by atoms with Crippen LogP contribution in [-0.2, 0) is 14.3 Å². The van der Waals surface area contributed by atoms with Gasteiger partial charge in [0.2, 0.25) is 0 Å². The zero-order chi connectivity index (χ0) is 13.4. The van der Waals surface area contributed by atoms with E-state index in [1.165, 1.54) is 50.7 Å². The first-order valence-electron chi connectivity index (χ1n) is 8.32. The van der Waals surface area contributed by atoms with Gasteiger partial charge in [-0.05, 0) is 44.4 Å². The van der Waals surface area contributed by atoms with Crippen LogP contribution >= 0.6 is 0 Å². The molecule has 2 aliphatic carbocycles. The van der Waals surface area contributed by atoms with Gasteiger partial charge < -0.3 is 14.3 Å². The van der Waals surface area contributed by atoms with Crippen LogP contribution in [0.2, 0.25) is 0 Å². The summed E-state index contributed by atoms with van der Waals surface area (Å²) < 4.78 is 11.5. The molecule has 0 N–H and O–H groups in total. The Morgan fingerprint density at radius 2 is 1.90 bits per heavy atom. The quantitative estimate of drug-likeness (QED) is 0.793. The fourth-order valence-corrected chi connectivity index (χ4v) is 4.07. The lowest BCUT2D eigenvalue weighted by molar-refractivity contribution is -0.109. The molecule has 0 aromatic rings. The monoisotopic (exact) mass is 279 g/mol. The van der Waals surface area contributed by atoms with E-state index in [4.69, 9.17) is 14.3 Å². The van der Waals surface area contributed by atoms with Gasteiger partial charge in [0.25, 0.3) is 0 Å². The summed E-state index contributed by atoms with van der Waals surface area (Å²) in [6.45, 7) is 1.55. The molecule has 2 heterocycles. The van der Waals surface area contributed by atoms with E-state index in [0.29, 0.717) is 5.92 Å². The minimum atomic E-state index is 0.0665. The van der Waals surface area contributed by atoms with Gasteiger partial charge in [-0.1, -0.05) is 18.0 Å². The number of rotatable bonds is 4. The highest BCUT2D eigenvalue weighted by Crippen LogP contribution is 2.47. The Morgan fingerprint density at radius 3 is 2.65 bits per heavy atom. The van der Waals surface area contributed by atoms with E-state index in [1.807, 2.05) is 0 Å². The van der Waals surface area contributed by atoms with Gasteiger partial charge in [0.05, 0.1) is 18.9 Å². The second kappa shape index (κ2) is 5.30. The van der Waals surface area contributed by atoms with Gasteiger partial charge in [-0.2, -0.15) is 0 Å². The third-order valence-corrected chi connectivity index (χ3v) is 5.47. The molecule has 2 unspecified atom stereocenters. The van der Waals surface area contributed by atoms with Crippen LogP contribution < -0.4 is 0 Å². The van der Waals surface area contributed by atoms with Crippen molar-refractivity contribution in [2.45, 2.75) is 69.7 Å². The first kappa shape index (κ1) is 13.1. The van der Waals surface area contributed by atoms with Crippen molar-refractivity contribution in [1.82, 2.24) is 0 Å². The van der Waals surface area contributed by atoms with E-state index >= 15 is 0 Å². The van der Waals surface area contributed by atoms with Gasteiger partial charge in [0, 0.05) is 12.3 Å². The summed E-state index contributed by atoms with van der Waals surface area (Å²) in [4.78, 5) is 5.57. The maximum Gasteiger partial charge on any atom is 0.160 e. The number of hydrogen-bond donors (Lipinski definition) is 0. The Labute approximate surface area is 120 Å². The van der Waals surface area contributed by atoms with Crippen molar-refractivity contribution in [3.05, 3.63) is 0 Å². The van der Waals surface area contributed by atoms with E-state index in [-0.39, 0.29) is 11.9 Å². The smallest absolute Gasteiger partial charge is 0.160 e. The van der Waals surface area contributed by atoms with Gasteiger partial charge >= 0.3 is 0 Å². The second-order valence-electron chi connectivity index (χ2n) is 6.97. The topological polar surface area (TPSA) is 40.0 Å². The highest BCUT2D eigenvalue weighted by Gasteiger charge is 2.50. The van der Waals surface area contributed by atoms with Crippen molar-refractivity contribution < 1.29 is 14.3 Å². The van der Waals surface area contributed by atoms with Crippen molar-refractivity contribution in [2.24, 2.45) is 17.0 Å². The van der Waals surface area contributed by atoms with E-state index in [0.717, 1.165) is 32.0 Å². The van der Waals surface area contributed by atoms with Crippen molar-refractivity contribution in [3.63, 3.8) is 0 Å². The largest absolute Gasteiger partial charge is 0.389 e. The lowest BCUT2D eigenvalue weighted by atomic mass is 9.76. The van der Waals surface area contributed by atoms with Crippen LogP contribution in [0.4, 0.5) is 0 Å². The predicted molar refractivity (Wildman–Crippen MR) is 75.5 cm³/mol. The van der Waals surface area contributed by atoms with Gasteiger partial charge in [-0.3, -0.25) is 0 Å². The summed E-state index contributed by atoms with van der Waals surface area (Å²) in [5.41, 5.74) is 1.44. The number of nitrogens with zero attached hydrogens (tertiary/aromatic N) is 1. The van der Waals surface area contributed by atoms with E-state index < -0.39 is 0 Å². The molecule has 0 bridgehead atoms. The minimum absolute atomic E-state index is 0.0665. The average molecular weight is 279 g/mol. The molecule has 20 heavy (non-hydrogen) atoms. The maximum absolute atomic E-state index is 5.76. The Morgan fingerprint density at radius 1 is 1.10 bits per heavy atom. The molecule has 0 aromatic heterocycles. The molecule has 0 radical (unpaired) electrons. The van der Waals surface area contributed by atoms with Crippen molar-refractivity contribution in [1.29, 1.82) is 0 Å². The first-order valence-corrected chi connectivity index (χ1v) is 8.32. The van der Waals surface area contributed by atoms with Crippen LogP contribution in [-0.4, -0.2) is 30.8 Å². The minimum Gasteiger partial charge on any atom is -0.389 e. The van der Waals surface area contributed by atoms with Crippen LogP contribution in [0.5, 0.6) is 0 Å². The molecule has 4 heteroatoms. The van der Waals surface area contributed by atoms with Crippen LogP contribution in [0.15, 0.2) is 5.16 Å². The standard InChI is InChI=1S/C16H25NO3/c1-2-4-14(15-18-9-10-19-15)12(3-1)5-6-13-11-16(7-8-16)20-17-13/h12,14-15H,1-11H2. The molecular weight excluding hydrogens is 254 g/mol. The van der Waals surface area contributed by atoms with E-state index in [1.54, 1.807) is 0 Å². The summed E-state index contributed by atoms with van der Waals surface area (Å²) in [7, 11) is 0. The molecule has 2 aliphatic heterocycles. The normalized spacial score (nSPS) is 36.1. The third-order valence-electron chi connectivity index (χ3n) is 5.47. The summed E-state index contributed by atoms with van der Waals surface area (Å²) in [6, 6.07) is 0. The van der Waals surface area contributed by atoms with Gasteiger partial charge in [0.1, 0.15) is 5.60 Å². The Balaban J connectivity index is 1.31. The molecule has 4 aliphatic rings. The molecule has 0 amide bonds. The molecule has 3 fully saturated rings. The fourth-order valence-electron chi connectivity index (χ4n) is 4.07. The molecule has 0 aromatic carbocycles. The lowest BCUT2D eigenvalue weighted by Gasteiger charge is -2.34. The Hall–Kier alpha value is -0.610. The number of hydrogen-bond acceptors (Lipinski definition) is 4. The number of oxime groups is 1. The van der Waals surface area contributed by atoms with Gasteiger partial charge in [-0.25, -0.2) is 0 Å². The predicted octanol–water partition coefficient (Wildman–Crippen LogP) is 3.25. The highest BCUT2D eigenvalue weighted by atomic mass is 16.7. The summed E-state index contributed by atoms with van der Waals surface area (Å²) in [5, 5.41) is 4.31. The Bertz CT molecular complexity index is 385. The zero-order valence-corrected chi connectivity index (χ0v) is 12.2. The highest BCUT2D eigenvalue weighted by molar-refractivity contribution is 5.86. The molecule has 1 saturated heterocycles. The molecule has 112 valence electrons. The molecule has 2 saturated carbocycles. The SMILES string of the molecule is C1CCC(C2OCCO2)C(CCC2=NOC3(CC3)C2)C1. The zero-order valence-electron chi connectivity index (χ0n) is 12.2. The van der Waals surface area contributed by atoms with Gasteiger partial charge in [-0.15, -0.1) is 0 Å². The van der Waals surface area contributed by atoms with Crippen molar-refractivity contribution in [3.8, 4) is 0 Å². The van der Waals surface area contributed by atoms with Crippen LogP contribution in [0.3, 0.4) is 0 Å². The summed E-state index contributed by atoms with van der Waals surface area (Å²) in [5.74, 6) is 1.34. The second-order valence-corrected chi connectivity index (χ2v) is 6.97. The van der Waals surface area contributed by atoms with Crippen molar-refractivity contribution in [2.75, 3.05) is 13.2 Å². The summed E-state index contributed by atoms with van der Waals surface area (Å²) in [6.07, 6.45) is 11.2. The average Bonchev–Trinajstić information content (AvgIpc) is 2.91. The lowest BCUT2D eigenvalue weighted by Crippen LogP contribution is -2.31. The van der Waals surface area contributed by atoms with Crippen molar-refractivity contribution >= 4 is 5.71 Å². The number of ether oxygens (including phenoxy) is 2. The Kier molecular flexibility index (Phi) is 3.47. The molecule has 2 atom stereocenters. The van der Waals surface area contributed by atoms with E-state index in [9.17, 15) is 0 Å². The first-order chi connectivity index (χ1) is 9.85. The molecule has 1 spiro atoms. The van der Waals surface area contributed by atoms with E-state index in [2.05, 4.69) is 5.16 Å². The van der Waals surface area contributed by atoms with Crippen LogP contribution in [0.1, 0.15) is 57.8 Å². The molecule has 4 nitrogen and oxygen atoms in total. The summed E-state index contributed by atoms with van der Waals surface area (Å²) >= 11 is 0. The van der Waals surface area contributed by atoms with Gasteiger partial charge in [0.15, 0.2) is 6.29 Å². The fraction of sp³-hybridized carbons (Fsp3) is 0.938.